The quantitative estimate of drug-likeness (QED) is 0.877. The maximum Gasteiger partial charge on any atom is 0.243 e. The minimum Gasteiger partial charge on any atom is -0.370 e. The lowest BCUT2D eigenvalue weighted by Gasteiger charge is -2.26. The highest BCUT2D eigenvalue weighted by Gasteiger charge is 2.25. The molecule has 0 saturated carbocycles. The van der Waals surface area contributed by atoms with Crippen molar-refractivity contribution in [1.29, 1.82) is 0 Å². The van der Waals surface area contributed by atoms with Gasteiger partial charge in [0.05, 0.1) is 4.90 Å². The van der Waals surface area contributed by atoms with Crippen molar-refractivity contribution in [2.75, 3.05) is 25.5 Å². The minimum absolute atomic E-state index is 0.0852. The maximum atomic E-state index is 12.5. The highest BCUT2D eigenvalue weighted by Crippen LogP contribution is 2.21. The molecule has 1 aromatic rings. The van der Waals surface area contributed by atoms with Gasteiger partial charge in [0.15, 0.2) is 0 Å². The van der Waals surface area contributed by atoms with Crippen LogP contribution < -0.4 is 5.32 Å². The van der Waals surface area contributed by atoms with E-state index in [-0.39, 0.29) is 10.3 Å². The van der Waals surface area contributed by atoms with Gasteiger partial charge >= 0.3 is 0 Å². The van der Waals surface area contributed by atoms with Crippen molar-refractivity contribution >= 4 is 15.8 Å². The fourth-order valence-electron chi connectivity index (χ4n) is 1.85. The summed E-state index contributed by atoms with van der Waals surface area (Å²) in [5, 5.41) is 3.10. The van der Waals surface area contributed by atoms with Gasteiger partial charge in [0, 0.05) is 32.4 Å². The summed E-state index contributed by atoms with van der Waals surface area (Å²) in [6.07, 6.45) is 2.48. The molecule has 0 aromatic carbocycles. The number of pyridine rings is 1. The number of rotatable bonds is 6. The molecule has 0 unspecified atom stereocenters. The first-order valence-corrected chi connectivity index (χ1v) is 8.27. The average Bonchev–Trinajstić information content (AvgIpc) is 2.34. The SMILES string of the molecule is CCCNc1cc(S(=O)(=O)N(C)CC(C)(C)C)ccn1. The molecule has 0 aliphatic rings. The van der Waals surface area contributed by atoms with E-state index in [4.69, 9.17) is 0 Å². The third-order valence-corrected chi connectivity index (χ3v) is 4.49. The monoisotopic (exact) mass is 299 g/mol. The maximum absolute atomic E-state index is 12.5. The molecule has 0 fully saturated rings. The molecule has 1 rings (SSSR count). The van der Waals surface area contributed by atoms with Crippen molar-refractivity contribution in [3.8, 4) is 0 Å². The number of anilines is 1. The fraction of sp³-hybridized carbons (Fsp3) is 0.643. The zero-order valence-electron chi connectivity index (χ0n) is 13.0. The van der Waals surface area contributed by atoms with Crippen LogP contribution in [0.1, 0.15) is 34.1 Å². The summed E-state index contributed by atoms with van der Waals surface area (Å²) in [4.78, 5) is 4.41. The molecule has 0 aliphatic heterocycles. The van der Waals surface area contributed by atoms with Crippen molar-refractivity contribution in [3.05, 3.63) is 18.3 Å². The topological polar surface area (TPSA) is 62.3 Å². The molecule has 5 nitrogen and oxygen atoms in total. The van der Waals surface area contributed by atoms with Crippen LogP contribution in [0.25, 0.3) is 0 Å². The first-order valence-electron chi connectivity index (χ1n) is 6.83. The summed E-state index contributed by atoms with van der Waals surface area (Å²) in [5.74, 6) is 0.595. The highest BCUT2D eigenvalue weighted by atomic mass is 32.2. The van der Waals surface area contributed by atoms with Crippen molar-refractivity contribution in [2.45, 2.75) is 39.0 Å². The average molecular weight is 299 g/mol. The van der Waals surface area contributed by atoms with Gasteiger partial charge in [-0.25, -0.2) is 17.7 Å². The number of hydrogen-bond acceptors (Lipinski definition) is 4. The van der Waals surface area contributed by atoms with Gasteiger partial charge in [-0.05, 0) is 17.9 Å². The summed E-state index contributed by atoms with van der Waals surface area (Å²) in [7, 11) is -1.86. The summed E-state index contributed by atoms with van der Waals surface area (Å²) in [6.45, 7) is 9.33. The molecule has 0 radical (unpaired) electrons. The Labute approximate surface area is 122 Å². The summed E-state index contributed by atoms with van der Waals surface area (Å²) in [6, 6.07) is 3.12. The smallest absolute Gasteiger partial charge is 0.243 e. The zero-order valence-corrected chi connectivity index (χ0v) is 13.8. The van der Waals surface area contributed by atoms with Gasteiger partial charge in [0.2, 0.25) is 10.0 Å². The van der Waals surface area contributed by atoms with Gasteiger partial charge in [-0.15, -0.1) is 0 Å². The number of nitrogens with zero attached hydrogens (tertiary/aromatic N) is 2. The Balaban J connectivity index is 2.97. The number of nitrogens with one attached hydrogen (secondary N) is 1. The highest BCUT2D eigenvalue weighted by molar-refractivity contribution is 7.89. The third kappa shape index (κ3) is 4.76. The molecule has 0 aliphatic carbocycles. The van der Waals surface area contributed by atoms with Crippen LogP contribution in [0.15, 0.2) is 23.2 Å². The van der Waals surface area contributed by atoms with Crippen LogP contribution >= 0.6 is 0 Å². The van der Waals surface area contributed by atoms with Crippen LogP contribution in [0.3, 0.4) is 0 Å². The Morgan fingerprint density at radius 3 is 2.55 bits per heavy atom. The number of sulfonamides is 1. The van der Waals surface area contributed by atoms with E-state index in [0.717, 1.165) is 13.0 Å². The predicted octanol–water partition coefficient (Wildman–Crippen LogP) is 2.57. The Hall–Kier alpha value is -1.14. The van der Waals surface area contributed by atoms with E-state index < -0.39 is 10.0 Å². The van der Waals surface area contributed by atoms with E-state index in [0.29, 0.717) is 12.4 Å². The van der Waals surface area contributed by atoms with Crippen molar-refractivity contribution in [2.24, 2.45) is 5.41 Å². The van der Waals surface area contributed by atoms with Crippen LogP contribution in [0.4, 0.5) is 5.82 Å². The normalized spacial score (nSPS) is 12.7. The second kappa shape index (κ2) is 6.54. The molecule has 20 heavy (non-hydrogen) atoms. The molecule has 0 spiro atoms. The summed E-state index contributed by atoms with van der Waals surface area (Å²) < 4.78 is 26.4. The molecule has 1 N–H and O–H groups in total. The summed E-state index contributed by atoms with van der Waals surface area (Å²) >= 11 is 0. The Bertz CT molecular complexity index is 536. The van der Waals surface area contributed by atoms with Crippen LogP contribution in [0.5, 0.6) is 0 Å². The summed E-state index contributed by atoms with van der Waals surface area (Å²) in [5.41, 5.74) is -0.0852. The largest absolute Gasteiger partial charge is 0.370 e. The first kappa shape index (κ1) is 16.9. The van der Waals surface area contributed by atoms with Crippen molar-refractivity contribution in [3.63, 3.8) is 0 Å². The first-order chi connectivity index (χ1) is 9.16. The third-order valence-electron chi connectivity index (χ3n) is 2.69. The molecular formula is C14H25N3O2S. The Kier molecular flexibility index (Phi) is 5.53. The second-order valence-electron chi connectivity index (χ2n) is 6.13. The van der Waals surface area contributed by atoms with E-state index >= 15 is 0 Å². The number of hydrogen-bond donors (Lipinski definition) is 1. The van der Waals surface area contributed by atoms with Gasteiger partial charge in [0.1, 0.15) is 5.82 Å². The van der Waals surface area contributed by atoms with Crippen LogP contribution in [-0.2, 0) is 10.0 Å². The predicted molar refractivity (Wildman–Crippen MR) is 82.3 cm³/mol. The second-order valence-corrected chi connectivity index (χ2v) is 8.17. The Morgan fingerprint density at radius 1 is 1.35 bits per heavy atom. The molecule has 114 valence electrons. The minimum atomic E-state index is -3.47. The molecule has 0 bridgehead atoms. The van der Waals surface area contributed by atoms with E-state index in [1.807, 2.05) is 27.7 Å². The molecule has 0 saturated heterocycles. The standard InChI is InChI=1S/C14H25N3O2S/c1-6-8-15-13-10-12(7-9-16-13)20(18,19)17(5)11-14(2,3)4/h7,9-10H,6,8,11H2,1-5H3,(H,15,16). The lowest BCUT2D eigenvalue weighted by Crippen LogP contribution is -2.34. The molecule has 1 heterocycles. The van der Waals surface area contributed by atoms with Crippen molar-refractivity contribution < 1.29 is 8.42 Å². The van der Waals surface area contributed by atoms with Gasteiger partial charge in [-0.1, -0.05) is 27.7 Å². The van der Waals surface area contributed by atoms with E-state index in [9.17, 15) is 8.42 Å². The zero-order chi connectivity index (χ0) is 15.4. The lowest BCUT2D eigenvalue weighted by atomic mass is 9.97. The van der Waals surface area contributed by atoms with Gasteiger partial charge in [-0.2, -0.15) is 0 Å². The van der Waals surface area contributed by atoms with Crippen LogP contribution in [-0.4, -0.2) is 37.8 Å². The van der Waals surface area contributed by atoms with Gasteiger partial charge < -0.3 is 5.32 Å². The van der Waals surface area contributed by atoms with Crippen LogP contribution in [0, 0.1) is 5.41 Å². The van der Waals surface area contributed by atoms with Gasteiger partial charge in [-0.3, -0.25) is 0 Å². The fourth-order valence-corrected chi connectivity index (χ4v) is 3.26. The Morgan fingerprint density at radius 2 is 2.00 bits per heavy atom. The molecular weight excluding hydrogens is 274 g/mol. The molecule has 0 amide bonds. The van der Waals surface area contributed by atoms with E-state index in [1.54, 1.807) is 13.1 Å². The van der Waals surface area contributed by atoms with E-state index in [1.165, 1.54) is 16.6 Å². The number of aromatic nitrogens is 1. The van der Waals surface area contributed by atoms with Gasteiger partial charge in [0.25, 0.3) is 0 Å². The van der Waals surface area contributed by atoms with Crippen LogP contribution in [0.2, 0.25) is 0 Å². The molecule has 0 atom stereocenters. The molecule has 1 aromatic heterocycles. The van der Waals surface area contributed by atoms with E-state index in [2.05, 4.69) is 10.3 Å². The lowest BCUT2D eigenvalue weighted by molar-refractivity contribution is 0.311. The molecule has 6 heteroatoms. The van der Waals surface area contributed by atoms with Crippen molar-refractivity contribution in [1.82, 2.24) is 9.29 Å².